The molecule has 0 radical (unpaired) electrons. The Morgan fingerprint density at radius 3 is 2.53 bits per heavy atom. The van der Waals surface area contributed by atoms with E-state index in [0.717, 1.165) is 31.5 Å². The fourth-order valence-electron chi connectivity index (χ4n) is 3.07. The van der Waals surface area contributed by atoms with Gasteiger partial charge in [0, 0.05) is 13.1 Å². The van der Waals surface area contributed by atoms with Crippen molar-refractivity contribution in [1.82, 2.24) is 4.90 Å². The van der Waals surface area contributed by atoms with Crippen LogP contribution in [0.2, 0.25) is 0 Å². The number of nitrogens with zero attached hydrogens (tertiary/aromatic N) is 1. The van der Waals surface area contributed by atoms with Gasteiger partial charge >= 0.3 is 0 Å². The predicted octanol–water partition coefficient (Wildman–Crippen LogP) is 3.12. The van der Waals surface area contributed by atoms with Crippen LogP contribution in [0, 0.1) is 17.3 Å². The minimum Gasteiger partial charge on any atom is -0.330 e. The summed E-state index contributed by atoms with van der Waals surface area (Å²) < 4.78 is 0. The second-order valence-electron chi connectivity index (χ2n) is 6.83. The van der Waals surface area contributed by atoms with Gasteiger partial charge in [0.2, 0.25) is 0 Å². The molecule has 0 aliphatic heterocycles. The standard InChI is InChI=1S/C15H32N2/c1-5-17(12-15(3,4)11-16)10-14-8-6-7-13(2)9-14/h13-14H,5-12,16H2,1-4H3. The van der Waals surface area contributed by atoms with Gasteiger partial charge in [0.15, 0.2) is 0 Å². The predicted molar refractivity (Wildman–Crippen MR) is 76.1 cm³/mol. The van der Waals surface area contributed by atoms with Crippen molar-refractivity contribution in [2.75, 3.05) is 26.2 Å². The molecule has 1 saturated carbocycles. The quantitative estimate of drug-likeness (QED) is 0.773. The fraction of sp³-hybridized carbons (Fsp3) is 1.00. The van der Waals surface area contributed by atoms with Gasteiger partial charge in [-0.2, -0.15) is 0 Å². The zero-order valence-corrected chi connectivity index (χ0v) is 12.3. The smallest absolute Gasteiger partial charge is 0.00447 e. The molecule has 0 aromatic heterocycles. The van der Waals surface area contributed by atoms with Crippen molar-refractivity contribution in [2.24, 2.45) is 23.0 Å². The van der Waals surface area contributed by atoms with Crippen LogP contribution < -0.4 is 5.73 Å². The maximum absolute atomic E-state index is 5.84. The lowest BCUT2D eigenvalue weighted by Crippen LogP contribution is -2.41. The SMILES string of the molecule is CCN(CC1CCCC(C)C1)CC(C)(C)CN. The highest BCUT2D eigenvalue weighted by Crippen LogP contribution is 2.29. The van der Waals surface area contributed by atoms with Crippen LogP contribution in [0.15, 0.2) is 0 Å². The fourth-order valence-corrected chi connectivity index (χ4v) is 3.07. The van der Waals surface area contributed by atoms with E-state index in [0.29, 0.717) is 0 Å². The Bertz CT molecular complexity index is 213. The highest BCUT2D eigenvalue weighted by Gasteiger charge is 2.24. The van der Waals surface area contributed by atoms with Gasteiger partial charge in [-0.15, -0.1) is 0 Å². The van der Waals surface area contributed by atoms with Crippen LogP contribution in [-0.4, -0.2) is 31.1 Å². The Hall–Kier alpha value is -0.0800. The number of rotatable bonds is 6. The maximum atomic E-state index is 5.84. The van der Waals surface area contributed by atoms with E-state index in [4.69, 9.17) is 5.73 Å². The Morgan fingerprint density at radius 2 is 2.00 bits per heavy atom. The molecule has 0 aromatic carbocycles. The van der Waals surface area contributed by atoms with Gasteiger partial charge in [-0.05, 0) is 43.2 Å². The van der Waals surface area contributed by atoms with Crippen molar-refractivity contribution < 1.29 is 0 Å². The van der Waals surface area contributed by atoms with Crippen LogP contribution in [0.3, 0.4) is 0 Å². The number of hydrogen-bond donors (Lipinski definition) is 1. The highest BCUT2D eigenvalue weighted by molar-refractivity contribution is 4.78. The first-order chi connectivity index (χ1) is 7.96. The Morgan fingerprint density at radius 1 is 1.29 bits per heavy atom. The van der Waals surface area contributed by atoms with Gasteiger partial charge in [0.1, 0.15) is 0 Å². The summed E-state index contributed by atoms with van der Waals surface area (Å²) >= 11 is 0. The summed E-state index contributed by atoms with van der Waals surface area (Å²) in [6.45, 7) is 13.6. The van der Waals surface area contributed by atoms with E-state index in [9.17, 15) is 0 Å². The summed E-state index contributed by atoms with van der Waals surface area (Å²) in [6, 6.07) is 0. The van der Waals surface area contributed by atoms with E-state index in [-0.39, 0.29) is 5.41 Å². The van der Waals surface area contributed by atoms with Gasteiger partial charge in [0.05, 0.1) is 0 Å². The van der Waals surface area contributed by atoms with Crippen molar-refractivity contribution in [3.8, 4) is 0 Å². The van der Waals surface area contributed by atoms with Gasteiger partial charge in [-0.3, -0.25) is 0 Å². The molecule has 0 spiro atoms. The van der Waals surface area contributed by atoms with Crippen molar-refractivity contribution in [3.05, 3.63) is 0 Å². The normalized spacial score (nSPS) is 26.5. The topological polar surface area (TPSA) is 29.3 Å². The van der Waals surface area contributed by atoms with Gasteiger partial charge < -0.3 is 10.6 Å². The van der Waals surface area contributed by atoms with Crippen molar-refractivity contribution in [3.63, 3.8) is 0 Å². The van der Waals surface area contributed by atoms with Crippen LogP contribution in [-0.2, 0) is 0 Å². The van der Waals surface area contributed by atoms with Crippen LogP contribution >= 0.6 is 0 Å². The van der Waals surface area contributed by atoms with Crippen LogP contribution in [0.25, 0.3) is 0 Å². The zero-order valence-electron chi connectivity index (χ0n) is 12.3. The van der Waals surface area contributed by atoms with E-state index in [1.807, 2.05) is 0 Å². The minimum atomic E-state index is 0.260. The van der Waals surface area contributed by atoms with E-state index in [2.05, 4.69) is 32.6 Å². The summed E-state index contributed by atoms with van der Waals surface area (Å²) in [5.41, 5.74) is 6.10. The van der Waals surface area contributed by atoms with Gasteiger partial charge in [-0.1, -0.05) is 40.5 Å². The minimum absolute atomic E-state index is 0.260. The van der Waals surface area contributed by atoms with Gasteiger partial charge in [-0.25, -0.2) is 0 Å². The third-order valence-electron chi connectivity index (χ3n) is 4.21. The number of nitrogens with two attached hydrogens (primary N) is 1. The molecule has 0 saturated heterocycles. The molecule has 2 heteroatoms. The molecule has 0 heterocycles. The molecule has 1 rings (SSSR count). The summed E-state index contributed by atoms with van der Waals surface area (Å²) in [5, 5.41) is 0. The number of hydrogen-bond acceptors (Lipinski definition) is 2. The molecule has 17 heavy (non-hydrogen) atoms. The Labute approximate surface area is 108 Å². The maximum Gasteiger partial charge on any atom is 0.00447 e. The molecular formula is C15H32N2. The highest BCUT2D eigenvalue weighted by atomic mass is 15.1. The lowest BCUT2D eigenvalue weighted by Gasteiger charge is -2.35. The Kier molecular flexibility index (Phi) is 5.94. The van der Waals surface area contributed by atoms with E-state index in [1.165, 1.54) is 32.2 Å². The summed E-state index contributed by atoms with van der Waals surface area (Å²) in [6.07, 6.45) is 5.74. The van der Waals surface area contributed by atoms with Crippen LogP contribution in [0.1, 0.15) is 53.4 Å². The molecule has 1 aliphatic carbocycles. The monoisotopic (exact) mass is 240 g/mol. The second kappa shape index (κ2) is 6.75. The largest absolute Gasteiger partial charge is 0.330 e. The first kappa shape index (κ1) is 15.0. The van der Waals surface area contributed by atoms with Crippen LogP contribution in [0.5, 0.6) is 0 Å². The third-order valence-corrected chi connectivity index (χ3v) is 4.21. The van der Waals surface area contributed by atoms with E-state index in [1.54, 1.807) is 0 Å². The summed E-state index contributed by atoms with van der Waals surface area (Å²) in [7, 11) is 0. The molecule has 1 aliphatic rings. The third kappa shape index (κ3) is 5.39. The molecule has 2 nitrogen and oxygen atoms in total. The van der Waals surface area contributed by atoms with Crippen molar-refractivity contribution >= 4 is 0 Å². The molecule has 0 aromatic rings. The molecule has 2 unspecified atom stereocenters. The Balaban J connectivity index is 2.40. The molecule has 2 N–H and O–H groups in total. The van der Waals surface area contributed by atoms with Gasteiger partial charge in [0.25, 0.3) is 0 Å². The van der Waals surface area contributed by atoms with Crippen molar-refractivity contribution in [2.45, 2.75) is 53.4 Å². The molecule has 102 valence electrons. The average molecular weight is 240 g/mol. The average Bonchev–Trinajstić information content (AvgIpc) is 2.28. The molecule has 0 bridgehead atoms. The van der Waals surface area contributed by atoms with E-state index >= 15 is 0 Å². The summed E-state index contributed by atoms with van der Waals surface area (Å²) in [5.74, 6) is 1.86. The zero-order chi connectivity index (χ0) is 12.9. The van der Waals surface area contributed by atoms with Crippen LogP contribution in [0.4, 0.5) is 0 Å². The molecule has 0 amide bonds. The lowest BCUT2D eigenvalue weighted by molar-refractivity contribution is 0.140. The molecule has 1 fully saturated rings. The second-order valence-corrected chi connectivity index (χ2v) is 6.83. The summed E-state index contributed by atoms with van der Waals surface area (Å²) in [4.78, 5) is 2.61. The lowest BCUT2D eigenvalue weighted by atomic mass is 9.82. The van der Waals surface area contributed by atoms with E-state index < -0.39 is 0 Å². The first-order valence-corrected chi connectivity index (χ1v) is 7.39. The molecular weight excluding hydrogens is 208 g/mol. The molecule has 2 atom stereocenters. The van der Waals surface area contributed by atoms with Crippen molar-refractivity contribution in [1.29, 1.82) is 0 Å². The first-order valence-electron chi connectivity index (χ1n) is 7.39.